The predicted molar refractivity (Wildman–Crippen MR) is 135 cm³/mol. The van der Waals surface area contributed by atoms with Crippen LogP contribution in [0.4, 0.5) is 0 Å². The van der Waals surface area contributed by atoms with Gasteiger partial charge in [-0.3, -0.25) is 9.59 Å². The first kappa shape index (κ1) is 27.4. The molecule has 1 aliphatic rings. The maximum absolute atomic E-state index is 13.1. The lowest BCUT2D eigenvalue weighted by Crippen LogP contribution is -2.31. The molecular formula is C26H32N2O7S. The Labute approximate surface area is 212 Å². The molecule has 0 spiro atoms. The Hall–Kier alpha value is -3.21. The monoisotopic (exact) mass is 516 g/mol. The minimum Gasteiger partial charge on any atom is -0.507 e. The van der Waals surface area contributed by atoms with Crippen molar-refractivity contribution >= 4 is 27.5 Å². The van der Waals surface area contributed by atoms with Crippen molar-refractivity contribution in [3.63, 3.8) is 0 Å². The van der Waals surface area contributed by atoms with Crippen molar-refractivity contribution in [1.82, 2.24) is 9.21 Å². The van der Waals surface area contributed by atoms with E-state index in [2.05, 4.69) is 0 Å². The van der Waals surface area contributed by atoms with Gasteiger partial charge in [-0.1, -0.05) is 26.0 Å². The molecule has 0 bridgehead atoms. The van der Waals surface area contributed by atoms with Crippen molar-refractivity contribution in [3.8, 4) is 5.75 Å². The summed E-state index contributed by atoms with van der Waals surface area (Å²) in [6.45, 7) is 4.81. The van der Waals surface area contributed by atoms with E-state index in [1.165, 1.54) is 40.6 Å². The number of aliphatic hydroxyl groups is 1. The van der Waals surface area contributed by atoms with E-state index in [0.717, 1.165) is 0 Å². The Kier molecular flexibility index (Phi) is 8.89. The number of ether oxygens (including phenoxy) is 2. The molecule has 1 aliphatic heterocycles. The number of hydrogen-bond acceptors (Lipinski definition) is 7. The summed E-state index contributed by atoms with van der Waals surface area (Å²) in [5.74, 6) is -1.36. The third kappa shape index (κ3) is 5.30. The lowest BCUT2D eigenvalue weighted by molar-refractivity contribution is -0.140. The maximum atomic E-state index is 13.1. The molecule has 0 aliphatic carbocycles. The highest BCUT2D eigenvalue weighted by Gasteiger charge is 2.45. The highest BCUT2D eigenvalue weighted by molar-refractivity contribution is 7.89. The van der Waals surface area contributed by atoms with Gasteiger partial charge in [-0.15, -0.1) is 0 Å². The Morgan fingerprint density at radius 1 is 1.06 bits per heavy atom. The summed E-state index contributed by atoms with van der Waals surface area (Å²) in [6, 6.07) is 11.8. The molecule has 3 rings (SSSR count). The van der Waals surface area contributed by atoms with Crippen LogP contribution in [-0.4, -0.2) is 74.9 Å². The molecule has 9 nitrogen and oxygen atoms in total. The smallest absolute Gasteiger partial charge is 0.295 e. The number of aliphatic hydroxyl groups excluding tert-OH is 1. The first-order chi connectivity index (χ1) is 17.2. The number of hydrogen-bond donors (Lipinski definition) is 1. The molecule has 1 unspecified atom stereocenters. The van der Waals surface area contributed by atoms with Crippen LogP contribution < -0.4 is 4.74 Å². The number of Topliss-reactive ketones (excluding diaryl/α,β-unsaturated/α-hetero) is 1. The third-order valence-corrected chi connectivity index (χ3v) is 8.23. The highest BCUT2D eigenvalue weighted by atomic mass is 32.2. The number of carbonyl (C=O) groups excluding carboxylic acids is 2. The van der Waals surface area contributed by atoms with Crippen LogP contribution in [0.5, 0.6) is 5.75 Å². The second-order valence-electron chi connectivity index (χ2n) is 8.23. The molecule has 0 aromatic heterocycles. The molecule has 0 radical (unpaired) electrons. The predicted octanol–water partition coefficient (Wildman–Crippen LogP) is 3.18. The first-order valence-electron chi connectivity index (χ1n) is 11.7. The minimum absolute atomic E-state index is 0.0648. The van der Waals surface area contributed by atoms with Gasteiger partial charge in [0.25, 0.3) is 11.7 Å². The first-order valence-corrected chi connectivity index (χ1v) is 13.2. The van der Waals surface area contributed by atoms with Crippen molar-refractivity contribution in [3.05, 3.63) is 65.2 Å². The molecule has 2 aromatic rings. The average molecular weight is 517 g/mol. The van der Waals surface area contributed by atoms with Crippen LogP contribution >= 0.6 is 0 Å². The van der Waals surface area contributed by atoms with Gasteiger partial charge in [0.1, 0.15) is 11.5 Å². The molecule has 1 amide bonds. The summed E-state index contributed by atoms with van der Waals surface area (Å²) in [4.78, 5) is 27.6. The van der Waals surface area contributed by atoms with E-state index in [1.54, 1.807) is 45.2 Å². The third-order valence-electron chi connectivity index (χ3n) is 6.17. The number of nitrogens with zero attached hydrogens (tertiary/aromatic N) is 2. The number of ketones is 1. The summed E-state index contributed by atoms with van der Waals surface area (Å²) in [5.41, 5.74) is 0.773. The van der Waals surface area contributed by atoms with Gasteiger partial charge in [0, 0.05) is 38.9 Å². The second-order valence-corrected chi connectivity index (χ2v) is 10.2. The normalized spacial score (nSPS) is 17.7. The molecule has 1 saturated heterocycles. The van der Waals surface area contributed by atoms with Crippen LogP contribution in [-0.2, 0) is 24.3 Å². The Morgan fingerprint density at radius 3 is 2.31 bits per heavy atom. The molecule has 2 aromatic carbocycles. The van der Waals surface area contributed by atoms with Gasteiger partial charge in [-0.25, -0.2) is 8.42 Å². The van der Waals surface area contributed by atoms with Crippen molar-refractivity contribution in [2.45, 2.75) is 31.2 Å². The Bertz CT molecular complexity index is 1240. The number of sulfonamides is 1. The number of amides is 1. The van der Waals surface area contributed by atoms with Gasteiger partial charge in [0.05, 0.1) is 23.6 Å². The zero-order valence-corrected chi connectivity index (χ0v) is 21.7. The average Bonchev–Trinajstić information content (AvgIpc) is 3.14. The fourth-order valence-electron chi connectivity index (χ4n) is 4.30. The fourth-order valence-corrected chi connectivity index (χ4v) is 5.76. The Balaban J connectivity index is 2.09. The summed E-state index contributed by atoms with van der Waals surface area (Å²) < 4.78 is 37.4. The molecule has 36 heavy (non-hydrogen) atoms. The summed E-state index contributed by atoms with van der Waals surface area (Å²) in [5, 5.41) is 11.2. The number of benzene rings is 2. The van der Waals surface area contributed by atoms with Crippen molar-refractivity contribution in [2.24, 2.45) is 0 Å². The van der Waals surface area contributed by atoms with Gasteiger partial charge in [0.2, 0.25) is 10.0 Å². The summed E-state index contributed by atoms with van der Waals surface area (Å²) >= 11 is 0. The Morgan fingerprint density at radius 2 is 1.72 bits per heavy atom. The van der Waals surface area contributed by atoms with Crippen LogP contribution in [0.2, 0.25) is 0 Å². The second kappa shape index (κ2) is 11.7. The molecule has 1 N–H and O–H groups in total. The van der Waals surface area contributed by atoms with E-state index in [9.17, 15) is 23.1 Å². The molecule has 0 saturated carbocycles. The maximum Gasteiger partial charge on any atom is 0.295 e. The molecular weight excluding hydrogens is 484 g/mol. The lowest BCUT2D eigenvalue weighted by atomic mass is 9.95. The molecule has 1 heterocycles. The quantitative estimate of drug-likeness (QED) is 0.211. The van der Waals surface area contributed by atoms with Crippen LogP contribution in [0.15, 0.2) is 59.0 Å². The van der Waals surface area contributed by atoms with Crippen LogP contribution in [0.1, 0.15) is 37.4 Å². The highest BCUT2D eigenvalue weighted by Crippen LogP contribution is 2.40. The van der Waals surface area contributed by atoms with E-state index in [4.69, 9.17) is 9.47 Å². The minimum atomic E-state index is -3.68. The summed E-state index contributed by atoms with van der Waals surface area (Å²) in [6.07, 6.45) is 0.502. The number of carbonyl (C=O) groups is 2. The van der Waals surface area contributed by atoms with Gasteiger partial charge < -0.3 is 19.5 Å². The fraction of sp³-hybridized carbons (Fsp3) is 0.385. The number of methoxy groups -OCH3 is 2. The molecule has 194 valence electrons. The van der Waals surface area contributed by atoms with Gasteiger partial charge in [-0.2, -0.15) is 4.31 Å². The summed E-state index contributed by atoms with van der Waals surface area (Å²) in [7, 11) is -0.615. The standard InChI is InChI=1S/C26H32N2O7S/c1-5-27(6-2)36(32,33)21-13-11-18(12-14-21)24(29)22-23(19-9-7-10-20(17-19)35-4)28(15-8-16-34-3)26(31)25(22)30/h7,9-14,17,23,29H,5-6,8,15-16H2,1-4H3. The van der Waals surface area contributed by atoms with Gasteiger partial charge in [-0.05, 0) is 48.4 Å². The topological polar surface area (TPSA) is 113 Å². The van der Waals surface area contributed by atoms with E-state index >= 15 is 0 Å². The van der Waals surface area contributed by atoms with E-state index in [0.29, 0.717) is 37.4 Å². The van der Waals surface area contributed by atoms with E-state index in [1.807, 2.05) is 0 Å². The van der Waals surface area contributed by atoms with E-state index in [-0.39, 0.29) is 28.3 Å². The lowest BCUT2D eigenvalue weighted by Gasteiger charge is -2.25. The largest absolute Gasteiger partial charge is 0.507 e. The van der Waals surface area contributed by atoms with Gasteiger partial charge >= 0.3 is 0 Å². The number of likely N-dealkylation sites (tertiary alicyclic amines) is 1. The molecule has 10 heteroatoms. The SMILES string of the molecule is CCN(CC)S(=O)(=O)c1ccc(C(O)=C2C(=O)C(=O)N(CCCOC)C2c2cccc(OC)c2)cc1. The van der Waals surface area contributed by atoms with Crippen molar-refractivity contribution < 1.29 is 32.6 Å². The van der Waals surface area contributed by atoms with Crippen LogP contribution in [0, 0.1) is 0 Å². The van der Waals surface area contributed by atoms with Gasteiger partial charge in [0.15, 0.2) is 0 Å². The van der Waals surface area contributed by atoms with Crippen molar-refractivity contribution in [1.29, 1.82) is 0 Å². The van der Waals surface area contributed by atoms with E-state index < -0.39 is 27.8 Å². The van der Waals surface area contributed by atoms with Crippen LogP contribution in [0.3, 0.4) is 0 Å². The zero-order valence-electron chi connectivity index (χ0n) is 20.9. The van der Waals surface area contributed by atoms with Crippen molar-refractivity contribution in [2.75, 3.05) is 40.5 Å². The molecule has 1 atom stereocenters. The molecule has 1 fully saturated rings. The van der Waals surface area contributed by atoms with Crippen LogP contribution in [0.25, 0.3) is 5.76 Å². The number of rotatable bonds is 11. The zero-order chi connectivity index (χ0) is 26.5.